The molecule has 0 bridgehead atoms. The number of aromatic nitrogens is 1. The van der Waals surface area contributed by atoms with Crippen LogP contribution in [0, 0.1) is 0 Å². The number of benzene rings is 2. The third-order valence-corrected chi connectivity index (χ3v) is 5.34. The summed E-state index contributed by atoms with van der Waals surface area (Å²) in [5.41, 5.74) is 0.871. The lowest BCUT2D eigenvalue weighted by atomic mass is 9.94. The monoisotopic (exact) mass is 416 g/mol. The standard InChI is InChI=1S/C21H15F3N2O2S/c22-21(23,24)13-9-10-19(25-11-13)29-12-18(27)26-20-14-5-1-3-7-16(14)28-17-8-4-2-6-15(17)20/h1-11,20H,12H2,(H,26,27). The van der Waals surface area contributed by atoms with Crippen molar-refractivity contribution in [2.45, 2.75) is 17.2 Å². The first kappa shape index (κ1) is 19.3. The summed E-state index contributed by atoms with van der Waals surface area (Å²) in [5.74, 6) is 1.12. The van der Waals surface area contributed by atoms with Crippen molar-refractivity contribution >= 4 is 17.7 Å². The van der Waals surface area contributed by atoms with Gasteiger partial charge in [0.2, 0.25) is 5.91 Å². The molecule has 0 unspecified atom stereocenters. The second-order valence-corrected chi connectivity index (χ2v) is 7.35. The van der Waals surface area contributed by atoms with Crippen molar-refractivity contribution in [3.05, 3.63) is 83.6 Å². The first-order chi connectivity index (χ1) is 13.9. The Morgan fingerprint density at radius 3 is 2.17 bits per heavy atom. The highest BCUT2D eigenvalue weighted by molar-refractivity contribution is 7.99. The molecular weight excluding hydrogens is 401 g/mol. The van der Waals surface area contributed by atoms with Crippen LogP contribution in [0.3, 0.4) is 0 Å². The molecule has 4 rings (SSSR count). The van der Waals surface area contributed by atoms with E-state index in [4.69, 9.17) is 4.74 Å². The number of alkyl halides is 3. The van der Waals surface area contributed by atoms with Gasteiger partial charge in [-0.05, 0) is 24.3 Å². The van der Waals surface area contributed by atoms with E-state index in [2.05, 4.69) is 10.3 Å². The summed E-state index contributed by atoms with van der Waals surface area (Å²) < 4.78 is 43.7. The second kappa shape index (κ2) is 7.79. The molecule has 1 amide bonds. The molecule has 0 radical (unpaired) electrons. The van der Waals surface area contributed by atoms with Gasteiger partial charge in [0, 0.05) is 17.3 Å². The fraction of sp³-hybridized carbons (Fsp3) is 0.143. The zero-order valence-electron chi connectivity index (χ0n) is 14.9. The van der Waals surface area contributed by atoms with E-state index in [1.807, 2.05) is 48.5 Å². The van der Waals surface area contributed by atoms with Crippen LogP contribution in [0.5, 0.6) is 11.5 Å². The van der Waals surface area contributed by atoms with E-state index in [1.54, 1.807) is 0 Å². The Labute approximate surface area is 169 Å². The van der Waals surface area contributed by atoms with Crippen molar-refractivity contribution < 1.29 is 22.7 Å². The highest BCUT2D eigenvalue weighted by Crippen LogP contribution is 2.42. The molecule has 1 aliphatic heterocycles. The quantitative estimate of drug-likeness (QED) is 0.594. The number of para-hydroxylation sites is 2. The highest BCUT2D eigenvalue weighted by Gasteiger charge is 2.31. The number of hydrogen-bond donors (Lipinski definition) is 1. The predicted octanol–water partition coefficient (Wildman–Crippen LogP) is 5.20. The van der Waals surface area contributed by atoms with Crippen molar-refractivity contribution in [2.24, 2.45) is 0 Å². The summed E-state index contributed by atoms with van der Waals surface area (Å²) in [5, 5.41) is 3.34. The van der Waals surface area contributed by atoms with E-state index < -0.39 is 11.7 Å². The predicted molar refractivity (Wildman–Crippen MR) is 103 cm³/mol. The maximum absolute atomic E-state index is 12.6. The summed E-state index contributed by atoms with van der Waals surface area (Å²) in [6, 6.07) is 16.8. The van der Waals surface area contributed by atoms with Crippen molar-refractivity contribution in [3.63, 3.8) is 0 Å². The van der Waals surface area contributed by atoms with Gasteiger partial charge in [-0.25, -0.2) is 4.98 Å². The van der Waals surface area contributed by atoms with E-state index in [9.17, 15) is 18.0 Å². The molecule has 2 heterocycles. The lowest BCUT2D eigenvalue weighted by Crippen LogP contribution is -2.32. The Morgan fingerprint density at radius 2 is 1.62 bits per heavy atom. The van der Waals surface area contributed by atoms with Crippen molar-refractivity contribution in [1.29, 1.82) is 0 Å². The lowest BCUT2D eigenvalue weighted by Gasteiger charge is -2.28. The number of carbonyl (C=O) groups excluding carboxylic acids is 1. The molecule has 1 aliphatic rings. The van der Waals surface area contributed by atoms with Gasteiger partial charge in [-0.1, -0.05) is 48.2 Å². The molecule has 0 fully saturated rings. The number of thioether (sulfide) groups is 1. The van der Waals surface area contributed by atoms with Gasteiger partial charge in [0.1, 0.15) is 11.5 Å². The van der Waals surface area contributed by atoms with E-state index in [-0.39, 0.29) is 17.7 Å². The first-order valence-electron chi connectivity index (χ1n) is 8.73. The SMILES string of the molecule is O=C(CSc1ccc(C(F)(F)F)cn1)NC1c2ccccc2Oc2ccccc21. The topological polar surface area (TPSA) is 51.2 Å². The molecule has 2 aromatic carbocycles. The number of ether oxygens (including phenoxy) is 1. The van der Waals surface area contributed by atoms with Gasteiger partial charge in [-0.15, -0.1) is 0 Å². The fourth-order valence-electron chi connectivity index (χ4n) is 3.04. The molecule has 0 aliphatic carbocycles. The van der Waals surface area contributed by atoms with Gasteiger partial charge < -0.3 is 10.1 Å². The maximum Gasteiger partial charge on any atom is 0.417 e. The molecule has 1 aromatic heterocycles. The molecule has 0 spiro atoms. The number of carbonyl (C=O) groups is 1. The van der Waals surface area contributed by atoms with Gasteiger partial charge in [-0.2, -0.15) is 13.2 Å². The minimum Gasteiger partial charge on any atom is -0.457 e. The number of pyridine rings is 1. The summed E-state index contributed by atoms with van der Waals surface area (Å²) in [7, 11) is 0. The van der Waals surface area contributed by atoms with E-state index in [0.717, 1.165) is 35.2 Å². The molecule has 8 heteroatoms. The van der Waals surface area contributed by atoms with Crippen molar-refractivity contribution in [2.75, 3.05) is 5.75 Å². The number of fused-ring (bicyclic) bond motifs is 2. The fourth-order valence-corrected chi connectivity index (χ4v) is 3.69. The van der Waals surface area contributed by atoms with Crippen LogP contribution in [0.2, 0.25) is 0 Å². The number of nitrogens with one attached hydrogen (secondary N) is 1. The van der Waals surface area contributed by atoms with Crippen LogP contribution in [0.1, 0.15) is 22.7 Å². The summed E-state index contributed by atoms with van der Waals surface area (Å²) in [6.07, 6.45) is -3.66. The van der Waals surface area contributed by atoms with Gasteiger partial charge >= 0.3 is 6.18 Å². The van der Waals surface area contributed by atoms with Crippen LogP contribution in [0.25, 0.3) is 0 Å². The molecular formula is C21H15F3N2O2S. The minimum absolute atomic E-state index is 0.0278. The van der Waals surface area contributed by atoms with Gasteiger partial charge in [0.15, 0.2) is 0 Å². The van der Waals surface area contributed by atoms with Crippen LogP contribution in [-0.4, -0.2) is 16.6 Å². The highest BCUT2D eigenvalue weighted by atomic mass is 32.2. The Morgan fingerprint density at radius 1 is 1.00 bits per heavy atom. The number of hydrogen-bond acceptors (Lipinski definition) is 4. The largest absolute Gasteiger partial charge is 0.457 e. The van der Waals surface area contributed by atoms with E-state index in [0.29, 0.717) is 16.5 Å². The first-order valence-corrected chi connectivity index (χ1v) is 9.71. The van der Waals surface area contributed by atoms with Crippen LogP contribution in [0.4, 0.5) is 13.2 Å². The molecule has 3 aromatic rings. The Hall–Kier alpha value is -3.00. The second-order valence-electron chi connectivity index (χ2n) is 6.35. The van der Waals surface area contributed by atoms with Gasteiger partial charge in [-0.3, -0.25) is 4.79 Å². The Balaban J connectivity index is 1.46. The molecule has 0 atom stereocenters. The molecule has 148 valence electrons. The molecule has 29 heavy (non-hydrogen) atoms. The average molecular weight is 416 g/mol. The number of nitrogens with zero attached hydrogens (tertiary/aromatic N) is 1. The molecule has 0 saturated carbocycles. The molecule has 1 N–H and O–H groups in total. The number of halogens is 3. The zero-order valence-corrected chi connectivity index (χ0v) is 15.8. The van der Waals surface area contributed by atoms with Crippen LogP contribution >= 0.6 is 11.8 Å². The number of rotatable bonds is 4. The smallest absolute Gasteiger partial charge is 0.417 e. The normalized spacial score (nSPS) is 13.2. The molecule has 0 saturated heterocycles. The average Bonchev–Trinajstić information content (AvgIpc) is 2.72. The number of amides is 1. The Bertz CT molecular complexity index is 993. The van der Waals surface area contributed by atoms with Crippen LogP contribution < -0.4 is 10.1 Å². The summed E-state index contributed by atoms with van der Waals surface area (Å²) in [6.45, 7) is 0. The maximum atomic E-state index is 12.6. The Kier molecular flexibility index (Phi) is 5.19. The van der Waals surface area contributed by atoms with Crippen LogP contribution in [0.15, 0.2) is 71.9 Å². The van der Waals surface area contributed by atoms with E-state index >= 15 is 0 Å². The van der Waals surface area contributed by atoms with Crippen molar-refractivity contribution in [3.8, 4) is 11.5 Å². The van der Waals surface area contributed by atoms with Crippen LogP contribution in [-0.2, 0) is 11.0 Å². The van der Waals surface area contributed by atoms with Gasteiger partial charge in [0.05, 0.1) is 22.4 Å². The minimum atomic E-state index is -4.43. The zero-order chi connectivity index (χ0) is 20.4. The molecule has 4 nitrogen and oxygen atoms in total. The summed E-state index contributed by atoms with van der Waals surface area (Å²) in [4.78, 5) is 16.3. The summed E-state index contributed by atoms with van der Waals surface area (Å²) >= 11 is 1.08. The van der Waals surface area contributed by atoms with Crippen molar-refractivity contribution in [1.82, 2.24) is 10.3 Å². The third kappa shape index (κ3) is 4.22. The van der Waals surface area contributed by atoms with Gasteiger partial charge in [0.25, 0.3) is 0 Å². The van der Waals surface area contributed by atoms with E-state index in [1.165, 1.54) is 6.07 Å². The lowest BCUT2D eigenvalue weighted by molar-refractivity contribution is -0.137. The third-order valence-electron chi connectivity index (χ3n) is 4.40.